The monoisotopic (exact) mass is 391 g/mol. The van der Waals surface area contributed by atoms with Crippen molar-refractivity contribution < 1.29 is 19.3 Å². The lowest BCUT2D eigenvalue weighted by molar-refractivity contribution is 0.262. The highest BCUT2D eigenvalue weighted by atomic mass is 16.5. The van der Waals surface area contributed by atoms with Crippen molar-refractivity contribution in [1.29, 1.82) is 0 Å². The van der Waals surface area contributed by atoms with Gasteiger partial charge in [0.25, 0.3) is 0 Å². The number of phenolic OH excluding ortho intramolecular Hbond substituents is 1. The Morgan fingerprint density at radius 1 is 0.897 bits per heavy atom. The first-order chi connectivity index (χ1) is 14.1. The Kier molecular flexibility index (Phi) is 4.76. The van der Waals surface area contributed by atoms with E-state index in [4.69, 9.17) is 14.2 Å². The first-order valence-electron chi connectivity index (χ1n) is 9.13. The molecule has 4 rings (SSSR count). The van der Waals surface area contributed by atoms with Crippen LogP contribution in [0.4, 0.5) is 0 Å². The lowest BCUT2D eigenvalue weighted by Crippen LogP contribution is -2.12. The van der Waals surface area contributed by atoms with Gasteiger partial charge in [0, 0.05) is 12.4 Å². The number of para-hydroxylation sites is 1. The summed E-state index contributed by atoms with van der Waals surface area (Å²) in [5, 5.41) is 11.6. The normalized spacial score (nSPS) is 11.0. The number of aryl methyl sites for hydroxylation is 1. The zero-order chi connectivity index (χ0) is 20.5. The van der Waals surface area contributed by atoms with Gasteiger partial charge >= 0.3 is 0 Å². The zero-order valence-corrected chi connectivity index (χ0v) is 16.4. The number of aromatic nitrogens is 1. The van der Waals surface area contributed by atoms with Crippen LogP contribution in [0.1, 0.15) is 5.56 Å². The fraction of sp³-hybridized carbons (Fsp3) is 0.174. The molecule has 6 nitrogen and oxygen atoms in total. The van der Waals surface area contributed by atoms with E-state index in [1.54, 1.807) is 12.1 Å². The van der Waals surface area contributed by atoms with E-state index in [9.17, 15) is 9.90 Å². The largest absolute Gasteiger partial charge is 0.504 e. The standard InChI is InChI=1S/C23H21NO5/c1-24-16-12-8-7-11-15(16)19(25)17-18(24)21(27-2)23(22(28-3)20(17)26)29-13-14-9-5-4-6-10-14/h4-12,26H,13H2,1-3H3. The van der Waals surface area contributed by atoms with Crippen molar-refractivity contribution in [3.63, 3.8) is 0 Å². The first-order valence-corrected chi connectivity index (χ1v) is 9.13. The van der Waals surface area contributed by atoms with E-state index in [2.05, 4.69) is 0 Å². The molecule has 0 spiro atoms. The van der Waals surface area contributed by atoms with Gasteiger partial charge in [-0.05, 0) is 17.7 Å². The van der Waals surface area contributed by atoms with Crippen LogP contribution in [0.5, 0.6) is 23.0 Å². The van der Waals surface area contributed by atoms with E-state index in [1.807, 2.05) is 54.1 Å². The van der Waals surface area contributed by atoms with Crippen LogP contribution in [0.25, 0.3) is 21.8 Å². The quantitative estimate of drug-likeness (QED) is 0.521. The Balaban J connectivity index is 2.04. The Morgan fingerprint density at radius 2 is 1.55 bits per heavy atom. The molecule has 1 heterocycles. The molecule has 0 bridgehead atoms. The second kappa shape index (κ2) is 7.39. The molecule has 3 aromatic carbocycles. The van der Waals surface area contributed by atoms with Crippen LogP contribution in [-0.4, -0.2) is 23.9 Å². The number of benzene rings is 3. The van der Waals surface area contributed by atoms with E-state index in [1.165, 1.54) is 14.2 Å². The molecule has 0 atom stereocenters. The summed E-state index contributed by atoms with van der Waals surface area (Å²) in [4.78, 5) is 13.2. The molecule has 0 aliphatic rings. The van der Waals surface area contributed by atoms with Gasteiger partial charge in [0.05, 0.1) is 25.1 Å². The first kappa shape index (κ1) is 18.7. The molecule has 4 aromatic rings. The zero-order valence-electron chi connectivity index (χ0n) is 16.4. The third kappa shape index (κ3) is 2.93. The number of hydrogen-bond acceptors (Lipinski definition) is 5. The molecule has 0 aliphatic carbocycles. The number of fused-ring (bicyclic) bond motifs is 2. The summed E-state index contributed by atoms with van der Waals surface area (Å²) in [6, 6.07) is 16.9. The van der Waals surface area contributed by atoms with Gasteiger partial charge in [-0.2, -0.15) is 0 Å². The average Bonchev–Trinajstić information content (AvgIpc) is 2.76. The number of methoxy groups -OCH3 is 2. The van der Waals surface area contributed by atoms with E-state index < -0.39 is 0 Å². The van der Waals surface area contributed by atoms with Crippen molar-refractivity contribution in [2.75, 3.05) is 14.2 Å². The lowest BCUT2D eigenvalue weighted by atomic mass is 10.1. The fourth-order valence-electron chi connectivity index (χ4n) is 3.65. The Labute approximate surface area is 167 Å². The molecule has 0 unspecified atom stereocenters. The summed E-state index contributed by atoms with van der Waals surface area (Å²) in [5.74, 6) is 0.375. The maximum absolute atomic E-state index is 13.2. The van der Waals surface area contributed by atoms with Crippen molar-refractivity contribution in [2.45, 2.75) is 6.61 Å². The van der Waals surface area contributed by atoms with Gasteiger partial charge in [-0.1, -0.05) is 42.5 Å². The minimum atomic E-state index is -0.294. The van der Waals surface area contributed by atoms with Crippen LogP contribution in [0.3, 0.4) is 0 Å². The molecule has 0 fully saturated rings. The number of nitrogens with zero attached hydrogens (tertiary/aromatic N) is 1. The third-order valence-electron chi connectivity index (χ3n) is 5.02. The molecule has 0 radical (unpaired) electrons. The predicted molar refractivity (Wildman–Crippen MR) is 112 cm³/mol. The van der Waals surface area contributed by atoms with Gasteiger partial charge in [0.2, 0.25) is 16.9 Å². The second-order valence-electron chi connectivity index (χ2n) is 6.65. The average molecular weight is 391 g/mol. The van der Waals surface area contributed by atoms with E-state index in [0.29, 0.717) is 16.7 Å². The number of pyridine rings is 1. The number of aromatic hydroxyl groups is 1. The summed E-state index contributed by atoms with van der Waals surface area (Å²) >= 11 is 0. The summed E-state index contributed by atoms with van der Waals surface area (Å²) < 4.78 is 18.9. The van der Waals surface area contributed by atoms with Gasteiger partial charge in [-0.3, -0.25) is 4.79 Å². The summed E-state index contributed by atoms with van der Waals surface area (Å²) in [6.45, 7) is 0.250. The van der Waals surface area contributed by atoms with Gasteiger partial charge in [-0.25, -0.2) is 0 Å². The van der Waals surface area contributed by atoms with Crippen molar-refractivity contribution in [1.82, 2.24) is 4.57 Å². The van der Waals surface area contributed by atoms with Crippen LogP contribution < -0.4 is 19.6 Å². The SMILES string of the molecule is COc1c(OCc2ccccc2)c(OC)c2c(c1O)c(=O)c1ccccc1n2C. The molecular formula is C23H21NO5. The van der Waals surface area contributed by atoms with Crippen molar-refractivity contribution >= 4 is 21.8 Å². The summed E-state index contributed by atoms with van der Waals surface area (Å²) in [5.41, 5.74) is 1.82. The van der Waals surface area contributed by atoms with Crippen LogP contribution >= 0.6 is 0 Å². The van der Waals surface area contributed by atoms with Crippen molar-refractivity contribution in [3.8, 4) is 23.0 Å². The molecule has 6 heteroatoms. The van der Waals surface area contributed by atoms with Crippen molar-refractivity contribution in [3.05, 3.63) is 70.4 Å². The second-order valence-corrected chi connectivity index (χ2v) is 6.65. The molecule has 148 valence electrons. The number of phenols is 1. The van der Waals surface area contributed by atoms with Crippen molar-refractivity contribution in [2.24, 2.45) is 7.05 Å². The molecular weight excluding hydrogens is 370 g/mol. The van der Waals surface area contributed by atoms with E-state index >= 15 is 0 Å². The van der Waals surface area contributed by atoms with Gasteiger partial charge in [0.15, 0.2) is 11.5 Å². The molecule has 0 amide bonds. The maximum atomic E-state index is 13.2. The highest BCUT2D eigenvalue weighted by molar-refractivity contribution is 6.02. The van der Waals surface area contributed by atoms with Crippen LogP contribution in [0.15, 0.2) is 59.4 Å². The molecule has 1 N–H and O–H groups in total. The Hall–Kier alpha value is -3.67. The summed E-state index contributed by atoms with van der Waals surface area (Å²) in [6.07, 6.45) is 0. The number of hydrogen-bond donors (Lipinski definition) is 1. The lowest BCUT2D eigenvalue weighted by Gasteiger charge is -2.20. The highest BCUT2D eigenvalue weighted by Crippen LogP contribution is 2.50. The maximum Gasteiger partial charge on any atom is 0.210 e. The highest BCUT2D eigenvalue weighted by Gasteiger charge is 2.27. The minimum Gasteiger partial charge on any atom is -0.504 e. The number of ether oxygens (including phenoxy) is 3. The van der Waals surface area contributed by atoms with E-state index in [0.717, 1.165) is 11.1 Å². The Bertz CT molecular complexity index is 1260. The predicted octanol–water partition coefficient (Wildman–Crippen LogP) is 3.99. The fourth-order valence-corrected chi connectivity index (χ4v) is 3.65. The third-order valence-corrected chi connectivity index (χ3v) is 5.02. The van der Waals surface area contributed by atoms with Crippen LogP contribution in [0.2, 0.25) is 0 Å². The molecule has 1 aromatic heterocycles. The molecule has 0 saturated heterocycles. The van der Waals surface area contributed by atoms with Gasteiger partial charge < -0.3 is 23.9 Å². The molecule has 0 aliphatic heterocycles. The minimum absolute atomic E-state index is 0.0673. The smallest absolute Gasteiger partial charge is 0.210 e. The summed E-state index contributed by atoms with van der Waals surface area (Å²) in [7, 11) is 4.74. The topological polar surface area (TPSA) is 69.9 Å². The van der Waals surface area contributed by atoms with E-state index in [-0.39, 0.29) is 34.7 Å². The number of rotatable bonds is 5. The van der Waals surface area contributed by atoms with Gasteiger partial charge in [0.1, 0.15) is 12.1 Å². The molecule has 29 heavy (non-hydrogen) atoms. The van der Waals surface area contributed by atoms with Crippen LogP contribution in [0, 0.1) is 0 Å². The van der Waals surface area contributed by atoms with Crippen LogP contribution in [-0.2, 0) is 13.7 Å². The van der Waals surface area contributed by atoms with Gasteiger partial charge in [-0.15, -0.1) is 0 Å². The Morgan fingerprint density at radius 3 is 2.24 bits per heavy atom. The molecule has 0 saturated carbocycles.